The number of aromatic amines is 1. The van der Waals surface area contributed by atoms with Crippen molar-refractivity contribution in [2.24, 2.45) is 5.73 Å². The van der Waals surface area contributed by atoms with Crippen molar-refractivity contribution in [2.75, 3.05) is 6.61 Å². The van der Waals surface area contributed by atoms with Gasteiger partial charge in [0.05, 0.1) is 18.8 Å². The number of rotatable bonds is 7. The minimum Gasteiger partial charge on any atom is -0.465 e. The molecule has 0 radical (unpaired) electrons. The first kappa shape index (κ1) is 20.0. The Morgan fingerprint density at radius 2 is 2.00 bits per heavy atom. The van der Waals surface area contributed by atoms with Crippen molar-refractivity contribution in [3.05, 3.63) is 64.7 Å². The monoisotopic (exact) mass is 427 g/mol. The second-order valence-electron chi connectivity index (χ2n) is 6.44. The number of imidazole rings is 1. The number of ether oxygens (including phenoxy) is 1. The molecule has 0 fully saturated rings. The van der Waals surface area contributed by atoms with Crippen molar-refractivity contribution in [3.63, 3.8) is 0 Å². The average Bonchev–Trinajstić information content (AvgIpc) is 3.38. The summed E-state index contributed by atoms with van der Waals surface area (Å²) in [6.07, 6.45) is 0. The van der Waals surface area contributed by atoms with E-state index < -0.39 is 0 Å². The van der Waals surface area contributed by atoms with Crippen LogP contribution in [0.25, 0.3) is 22.5 Å². The Morgan fingerprint density at radius 3 is 2.67 bits per heavy atom. The lowest BCUT2D eigenvalue weighted by molar-refractivity contribution is 0.297. The van der Waals surface area contributed by atoms with Gasteiger partial charge in [-0.3, -0.25) is 4.57 Å². The lowest BCUT2D eigenvalue weighted by Gasteiger charge is -2.13. The second-order valence-corrected chi connectivity index (χ2v) is 6.80. The fraction of sp³-hybridized carbons (Fsp3) is 0.200. The van der Waals surface area contributed by atoms with Gasteiger partial charge in [-0.15, -0.1) is 10.2 Å². The van der Waals surface area contributed by atoms with Gasteiger partial charge < -0.3 is 10.5 Å². The first-order valence-electron chi connectivity index (χ1n) is 9.31. The molecule has 3 N–H and O–H groups in total. The summed E-state index contributed by atoms with van der Waals surface area (Å²) in [6, 6.07) is 12.9. The Balaban J connectivity index is 1.70. The highest BCUT2D eigenvalue weighted by Gasteiger charge is 2.18. The third-order valence-electron chi connectivity index (χ3n) is 4.66. The lowest BCUT2D eigenvalue weighted by atomic mass is 9.98. The third-order valence-corrected chi connectivity index (χ3v) is 4.96. The minimum atomic E-state index is -0.370. The van der Waals surface area contributed by atoms with Gasteiger partial charge in [0.1, 0.15) is 5.82 Å². The van der Waals surface area contributed by atoms with Crippen LogP contribution >= 0.6 is 11.6 Å². The molecule has 154 valence electrons. The van der Waals surface area contributed by atoms with Crippen molar-refractivity contribution >= 4 is 11.6 Å². The first-order valence-corrected chi connectivity index (χ1v) is 9.69. The zero-order chi connectivity index (χ0) is 21.1. The van der Waals surface area contributed by atoms with Gasteiger partial charge in [-0.05, 0) is 29.3 Å². The lowest BCUT2D eigenvalue weighted by Crippen LogP contribution is -2.12. The number of hydrogen-bond acceptors (Lipinski definition) is 6. The molecule has 2 heterocycles. The number of nitrogens with one attached hydrogen (secondary N) is 1. The summed E-state index contributed by atoms with van der Waals surface area (Å²) in [6.45, 7) is 2.61. The summed E-state index contributed by atoms with van der Waals surface area (Å²) in [7, 11) is 0. The maximum atomic E-state index is 15.1. The Morgan fingerprint density at radius 1 is 1.20 bits per heavy atom. The molecule has 8 nitrogen and oxygen atoms in total. The number of halogens is 2. The molecule has 10 heteroatoms. The Kier molecular flexibility index (Phi) is 5.73. The number of nitrogens with two attached hydrogens (primary N) is 1. The van der Waals surface area contributed by atoms with Crippen LogP contribution in [-0.2, 0) is 13.1 Å². The van der Waals surface area contributed by atoms with E-state index in [-0.39, 0.29) is 24.1 Å². The standard InChI is InChI=1S/C20H19ClFN7O/c1-2-30-20-24-18(21)17(10-23)29(20)11-13-8-7-12(9-16(13)22)14-5-3-4-6-15(14)19-25-27-28-26-19/h3-9H,2,10-11,23H2,1H3,(H,25,26,27,28). The number of benzene rings is 2. The zero-order valence-corrected chi connectivity index (χ0v) is 16.9. The molecule has 0 amide bonds. The van der Waals surface area contributed by atoms with Gasteiger partial charge in [0.15, 0.2) is 5.15 Å². The quantitative estimate of drug-likeness (QED) is 0.468. The maximum Gasteiger partial charge on any atom is 0.298 e. The molecule has 4 aromatic rings. The summed E-state index contributed by atoms with van der Waals surface area (Å²) in [5.74, 6) is 0.0720. The molecular formula is C20H19ClFN7O. The van der Waals surface area contributed by atoms with E-state index in [9.17, 15) is 0 Å². The molecule has 0 aliphatic rings. The predicted molar refractivity (Wildman–Crippen MR) is 110 cm³/mol. The van der Waals surface area contributed by atoms with Gasteiger partial charge in [-0.25, -0.2) is 4.39 Å². The van der Waals surface area contributed by atoms with Crippen molar-refractivity contribution in [1.29, 1.82) is 0 Å². The molecule has 4 rings (SSSR count). The number of tetrazole rings is 1. The Hall–Kier alpha value is -3.30. The fourth-order valence-electron chi connectivity index (χ4n) is 3.25. The van der Waals surface area contributed by atoms with Gasteiger partial charge in [0, 0.05) is 17.7 Å². The van der Waals surface area contributed by atoms with Crippen molar-refractivity contribution in [2.45, 2.75) is 20.0 Å². The molecule has 30 heavy (non-hydrogen) atoms. The number of aromatic nitrogens is 6. The summed E-state index contributed by atoms with van der Waals surface area (Å²) >= 11 is 6.16. The van der Waals surface area contributed by atoms with Crippen molar-refractivity contribution in [3.8, 4) is 28.5 Å². The minimum absolute atomic E-state index is 0.163. The molecule has 2 aromatic heterocycles. The van der Waals surface area contributed by atoms with Crippen LogP contribution in [0.4, 0.5) is 4.39 Å². The largest absolute Gasteiger partial charge is 0.465 e. The number of H-pyrrole nitrogens is 1. The van der Waals surface area contributed by atoms with Crippen LogP contribution in [0.1, 0.15) is 18.2 Å². The van der Waals surface area contributed by atoms with Gasteiger partial charge in [-0.1, -0.05) is 48.0 Å². The van der Waals surface area contributed by atoms with Crippen LogP contribution in [0.3, 0.4) is 0 Å². The van der Waals surface area contributed by atoms with Crippen LogP contribution in [0.15, 0.2) is 42.5 Å². The summed E-state index contributed by atoms with van der Waals surface area (Å²) in [5.41, 5.74) is 9.10. The van der Waals surface area contributed by atoms with E-state index in [0.717, 1.165) is 11.1 Å². The second kappa shape index (κ2) is 8.60. The molecule has 0 bridgehead atoms. The van der Waals surface area contributed by atoms with Crippen molar-refractivity contribution < 1.29 is 9.13 Å². The van der Waals surface area contributed by atoms with Crippen LogP contribution in [0.5, 0.6) is 6.01 Å². The molecule has 0 saturated carbocycles. The Labute approximate surface area is 176 Å². The molecule has 0 aliphatic heterocycles. The van der Waals surface area contributed by atoms with E-state index in [1.807, 2.05) is 37.3 Å². The van der Waals surface area contributed by atoms with Crippen LogP contribution in [0, 0.1) is 5.82 Å². The zero-order valence-electron chi connectivity index (χ0n) is 16.1. The first-order chi connectivity index (χ1) is 14.6. The van der Waals surface area contributed by atoms with Gasteiger partial charge in [0.25, 0.3) is 6.01 Å². The van der Waals surface area contributed by atoms with E-state index in [4.69, 9.17) is 22.1 Å². The SMILES string of the molecule is CCOc1nc(Cl)c(CN)n1Cc1ccc(-c2ccccc2-c2nn[nH]n2)cc1F. The summed E-state index contributed by atoms with van der Waals surface area (Å²) in [5, 5.41) is 14.4. The average molecular weight is 428 g/mol. The van der Waals surface area contributed by atoms with E-state index in [1.54, 1.807) is 10.6 Å². The normalized spacial score (nSPS) is 11.1. The van der Waals surface area contributed by atoms with Gasteiger partial charge in [-0.2, -0.15) is 10.2 Å². The van der Waals surface area contributed by atoms with E-state index in [0.29, 0.717) is 35.3 Å². The van der Waals surface area contributed by atoms with Crippen molar-refractivity contribution in [1.82, 2.24) is 30.2 Å². The highest BCUT2D eigenvalue weighted by Crippen LogP contribution is 2.31. The van der Waals surface area contributed by atoms with Crippen LogP contribution < -0.4 is 10.5 Å². The maximum absolute atomic E-state index is 15.1. The predicted octanol–water partition coefficient (Wildman–Crippen LogP) is 3.43. The van der Waals surface area contributed by atoms with E-state index >= 15 is 4.39 Å². The van der Waals surface area contributed by atoms with E-state index in [1.165, 1.54) is 6.07 Å². The van der Waals surface area contributed by atoms with Gasteiger partial charge >= 0.3 is 0 Å². The molecular weight excluding hydrogens is 409 g/mol. The highest BCUT2D eigenvalue weighted by atomic mass is 35.5. The van der Waals surface area contributed by atoms with Crippen LogP contribution in [-0.4, -0.2) is 36.8 Å². The fourth-order valence-corrected chi connectivity index (χ4v) is 3.50. The van der Waals surface area contributed by atoms with E-state index in [2.05, 4.69) is 25.6 Å². The van der Waals surface area contributed by atoms with Crippen LogP contribution in [0.2, 0.25) is 5.15 Å². The topological polar surface area (TPSA) is 108 Å². The molecule has 0 atom stereocenters. The number of nitrogens with zero attached hydrogens (tertiary/aromatic N) is 5. The molecule has 0 unspecified atom stereocenters. The molecule has 0 spiro atoms. The summed E-state index contributed by atoms with van der Waals surface area (Å²) < 4.78 is 22.3. The van der Waals surface area contributed by atoms with Gasteiger partial charge in [0.2, 0.25) is 5.82 Å². The highest BCUT2D eigenvalue weighted by molar-refractivity contribution is 6.30. The molecule has 0 aliphatic carbocycles. The summed E-state index contributed by atoms with van der Waals surface area (Å²) in [4.78, 5) is 4.18. The smallest absolute Gasteiger partial charge is 0.298 e. The third kappa shape index (κ3) is 3.77. The number of hydrogen-bond donors (Lipinski definition) is 2. The Bertz CT molecular complexity index is 1160. The molecule has 2 aromatic carbocycles. The molecule has 0 saturated heterocycles.